The van der Waals surface area contributed by atoms with E-state index in [0.29, 0.717) is 25.7 Å². The number of allylic oxidation sites excluding steroid dienone is 4. The number of furan rings is 1. The van der Waals surface area contributed by atoms with E-state index in [4.69, 9.17) is 38.6 Å². The Labute approximate surface area is 780 Å². The van der Waals surface area contributed by atoms with Gasteiger partial charge in [0.15, 0.2) is 11.5 Å². The first kappa shape index (κ1) is 86.6. The van der Waals surface area contributed by atoms with Crippen LogP contribution in [0.3, 0.4) is 0 Å². The molecule has 1 N–H and O–H groups in total. The topological polar surface area (TPSA) is 147 Å². The lowest BCUT2D eigenvalue weighted by atomic mass is 9.96. The molecule has 18 nitrogen and oxygen atoms in total. The van der Waals surface area contributed by atoms with Crippen LogP contribution in [0.2, 0.25) is 0 Å². The maximum Gasteiger partial charge on any atom is 0.213 e. The highest BCUT2D eigenvalue weighted by Gasteiger charge is 2.28. The summed E-state index contributed by atoms with van der Waals surface area (Å²) >= 11 is 0. The third kappa shape index (κ3) is 19.6. The average Bonchev–Trinajstić information content (AvgIpc) is 1.60. The number of benzene rings is 8. The van der Waals surface area contributed by atoms with E-state index in [2.05, 4.69) is 302 Å². The van der Waals surface area contributed by atoms with Gasteiger partial charge in [0.25, 0.3) is 0 Å². The smallest absolute Gasteiger partial charge is 0.213 e. The molecule has 8 aromatic carbocycles. The summed E-state index contributed by atoms with van der Waals surface area (Å²) < 4.78 is 23.3. The third-order valence-electron chi connectivity index (χ3n) is 27.9. The zero-order valence-electron chi connectivity index (χ0n) is 77.1. The SMILES string of the molecule is CCOc1ccc(C2=CCc3ncc(-c4ccc(CN5CCN(C)CC5)cc4)cc32)cn1.CN1CCN(Cc2ccc(-c3cnc4c(c3)C(c3cc5ccccc5[nH]3)=CC4)cc2)CC1.CN1CCN(Cc2ccc(-c3cnc4c(c3)C(c3ccc5c(c3)OCCO5)=CC4)cc2)CC1.CN1CCN(Cc2ccc(-c3cnc4c(c3)C(c3cccc5c3oc3ccccc35)=CC4)cc2)CC1. The van der Waals surface area contributed by atoms with Crippen LogP contribution in [0.25, 0.3) is 99.6 Å². The number of rotatable bonds is 18. The number of aromatic nitrogens is 6. The number of likely N-dealkylation sites (N-methyl/N-ethyl adjacent to an activating group) is 4. The molecule has 4 fully saturated rings. The number of hydrogen-bond donors (Lipinski definition) is 1. The Balaban J connectivity index is 0.000000107. The molecule has 0 saturated carbocycles. The van der Waals surface area contributed by atoms with Crippen LogP contribution in [0.1, 0.15) is 96.6 Å². The number of fused-ring (bicyclic) bond motifs is 9. The average molecular weight is 1760 g/mol. The fourth-order valence-corrected chi connectivity index (χ4v) is 19.9. The van der Waals surface area contributed by atoms with Gasteiger partial charge in [-0.3, -0.25) is 39.5 Å². The van der Waals surface area contributed by atoms with Crippen molar-refractivity contribution in [2.75, 3.05) is 153 Å². The molecule has 0 spiro atoms. The molecule has 18 heteroatoms. The molecular formula is C115H116N14O4. The molecule has 4 aliphatic carbocycles. The van der Waals surface area contributed by atoms with Crippen molar-refractivity contribution in [2.45, 2.75) is 58.8 Å². The Morgan fingerprint density at radius 1 is 0.316 bits per heavy atom. The quantitative estimate of drug-likeness (QED) is 0.0868. The summed E-state index contributed by atoms with van der Waals surface area (Å²) in [5.74, 6) is 2.32. The minimum atomic E-state index is 0.600. The first-order chi connectivity index (χ1) is 65.4. The van der Waals surface area contributed by atoms with Crippen molar-refractivity contribution in [3.63, 3.8) is 0 Å². The highest BCUT2D eigenvalue weighted by Crippen LogP contribution is 2.44. The van der Waals surface area contributed by atoms with Gasteiger partial charge in [-0.15, -0.1) is 0 Å². The van der Waals surface area contributed by atoms with Crippen LogP contribution in [-0.4, -0.2) is 222 Å². The number of hydrogen-bond acceptors (Lipinski definition) is 17. The van der Waals surface area contributed by atoms with Crippen molar-refractivity contribution >= 4 is 55.1 Å². The second-order valence-electron chi connectivity index (χ2n) is 37.0. The highest BCUT2D eigenvalue weighted by atomic mass is 16.6. The van der Waals surface area contributed by atoms with E-state index >= 15 is 0 Å². The molecule has 0 radical (unpaired) electrons. The molecule has 0 amide bonds. The van der Waals surface area contributed by atoms with Gasteiger partial charge in [-0.2, -0.15) is 0 Å². The number of para-hydroxylation sites is 3. The lowest BCUT2D eigenvalue weighted by Crippen LogP contribution is -2.43. The fourth-order valence-electron chi connectivity index (χ4n) is 19.9. The molecule has 12 heterocycles. The minimum Gasteiger partial charge on any atom is -0.486 e. The number of aromatic amines is 1. The van der Waals surface area contributed by atoms with Gasteiger partial charge in [0, 0.05) is 282 Å². The Hall–Kier alpha value is -13.1. The molecule has 7 aromatic heterocycles. The van der Waals surface area contributed by atoms with E-state index in [1.807, 2.05) is 62.2 Å². The van der Waals surface area contributed by atoms with Crippen LogP contribution >= 0.6 is 0 Å². The van der Waals surface area contributed by atoms with Crippen molar-refractivity contribution in [3.8, 4) is 61.9 Å². The first-order valence-electron chi connectivity index (χ1n) is 47.6. The molecule has 0 atom stereocenters. The van der Waals surface area contributed by atoms with E-state index < -0.39 is 0 Å². The second kappa shape index (κ2) is 39.4. The standard InChI is InChI=1S/C32H29N3O.C28H28N4.C28H29N3O2.C27H30N4O/c1-34-15-17-35(18-16-34)21-22-9-11-23(12-10-22)24-19-29-25(13-14-30(29)33-20-24)27-6-4-7-28-26-5-2-3-8-31(26)36-32(27)28;1-31-12-14-32(15-13-31)19-20-6-8-21(9-7-20)23-16-25-24(10-11-27(25)29-18-23)28-17-22-4-2-3-5-26(22)30-28;1-30-10-12-31(13-11-30)19-20-2-4-21(5-3-20)23-16-25-24(7-8-26(25)29-18-23)22-6-9-27-28(17-22)33-15-14-32-27;1-3-32-27-11-8-22(17-29-27)24-9-10-26-25(24)16-23(18-28-26)21-6-4-20(5-7-21)19-31-14-12-30(2)13-15-31/h2-13,19-20H,14-18,21H2,1H3;2-10,16-18,30H,11-15,19H2,1H3;2-7,9,16-18H,8,10-15,19H2,1H3;4-9,11,16-18H,3,10,12-15,19H2,1-2H3. The minimum absolute atomic E-state index is 0.600. The Morgan fingerprint density at radius 2 is 0.699 bits per heavy atom. The Kier molecular flexibility index (Phi) is 25.6. The van der Waals surface area contributed by atoms with Gasteiger partial charge in [0.2, 0.25) is 5.88 Å². The summed E-state index contributed by atoms with van der Waals surface area (Å²) in [6.45, 7) is 26.3. The van der Waals surface area contributed by atoms with Gasteiger partial charge >= 0.3 is 0 Å². The third-order valence-corrected chi connectivity index (χ3v) is 27.9. The van der Waals surface area contributed by atoms with E-state index in [1.54, 1.807) is 0 Å². The highest BCUT2D eigenvalue weighted by molar-refractivity contribution is 6.09. The van der Waals surface area contributed by atoms with Crippen LogP contribution < -0.4 is 14.2 Å². The molecule has 24 rings (SSSR count). The molecule has 4 saturated heterocycles. The fraction of sp³-hybridized carbons (Fsp3) is 0.278. The number of nitrogens with zero attached hydrogens (tertiary/aromatic N) is 13. The molecular weight excluding hydrogens is 1640 g/mol. The number of ether oxygens (including phenoxy) is 3. The Morgan fingerprint density at radius 3 is 1.15 bits per heavy atom. The van der Waals surface area contributed by atoms with E-state index in [1.165, 1.54) is 111 Å². The van der Waals surface area contributed by atoms with Gasteiger partial charge in [-0.25, -0.2) is 4.98 Å². The zero-order chi connectivity index (χ0) is 89.7. The molecule has 5 aliphatic heterocycles. The van der Waals surface area contributed by atoms with Crippen molar-refractivity contribution < 1.29 is 18.6 Å². The van der Waals surface area contributed by atoms with Gasteiger partial charge in [0.05, 0.1) is 29.4 Å². The largest absolute Gasteiger partial charge is 0.486 e. The second-order valence-corrected chi connectivity index (χ2v) is 37.0. The van der Waals surface area contributed by atoms with Gasteiger partial charge in [-0.1, -0.05) is 182 Å². The predicted molar refractivity (Wildman–Crippen MR) is 538 cm³/mol. The first-order valence-corrected chi connectivity index (χ1v) is 47.6. The van der Waals surface area contributed by atoms with Crippen LogP contribution in [0, 0.1) is 0 Å². The van der Waals surface area contributed by atoms with Crippen LogP contribution in [0.4, 0.5) is 0 Å². The van der Waals surface area contributed by atoms with E-state index in [0.717, 1.165) is 246 Å². The molecule has 670 valence electrons. The van der Waals surface area contributed by atoms with E-state index in [-0.39, 0.29) is 0 Å². The summed E-state index contributed by atoms with van der Waals surface area (Å²) in [6.07, 6.45) is 22.5. The lowest BCUT2D eigenvalue weighted by molar-refractivity contribution is 0.148. The monoisotopic (exact) mass is 1760 g/mol. The van der Waals surface area contributed by atoms with Gasteiger partial charge in [0.1, 0.15) is 24.4 Å². The molecule has 0 bridgehead atoms. The van der Waals surface area contributed by atoms with Crippen molar-refractivity contribution in [1.29, 1.82) is 0 Å². The molecule has 133 heavy (non-hydrogen) atoms. The maximum atomic E-state index is 6.34. The van der Waals surface area contributed by atoms with Crippen molar-refractivity contribution in [3.05, 3.63) is 369 Å². The van der Waals surface area contributed by atoms with Gasteiger partial charge in [-0.05, 0) is 163 Å². The normalized spacial score (nSPS) is 17.1. The maximum absolute atomic E-state index is 6.34. The molecule has 0 unspecified atom stereocenters. The molecule has 15 aromatic rings. The predicted octanol–water partition coefficient (Wildman–Crippen LogP) is 19.9. The number of nitrogens with one attached hydrogen (secondary N) is 1. The number of H-pyrrole nitrogens is 1. The number of piperazine rings is 4. The van der Waals surface area contributed by atoms with Gasteiger partial charge < -0.3 is 43.2 Å². The van der Waals surface area contributed by atoms with Crippen LogP contribution in [-0.2, 0) is 51.9 Å². The summed E-state index contributed by atoms with van der Waals surface area (Å²) in [7, 11) is 8.80. The summed E-state index contributed by atoms with van der Waals surface area (Å²) in [4.78, 5) is 47.0. The van der Waals surface area contributed by atoms with Crippen molar-refractivity contribution in [2.24, 2.45) is 0 Å². The summed E-state index contributed by atoms with van der Waals surface area (Å²) in [5.41, 5.74) is 37.0. The van der Waals surface area contributed by atoms with E-state index in [9.17, 15) is 0 Å². The zero-order valence-corrected chi connectivity index (χ0v) is 77.1. The lowest BCUT2D eigenvalue weighted by Gasteiger charge is -2.32. The number of pyridine rings is 5. The van der Waals surface area contributed by atoms with Crippen LogP contribution in [0.15, 0.2) is 284 Å². The Bertz CT molecular complexity index is 6790. The summed E-state index contributed by atoms with van der Waals surface area (Å²) in [6, 6.07) is 80.9. The van der Waals surface area contributed by atoms with Crippen LogP contribution in [0.5, 0.6) is 17.4 Å². The van der Waals surface area contributed by atoms with Crippen molar-refractivity contribution in [1.82, 2.24) is 69.1 Å². The summed E-state index contributed by atoms with van der Waals surface area (Å²) in [5, 5.41) is 3.58. The molecule has 9 aliphatic rings.